The van der Waals surface area contributed by atoms with E-state index in [9.17, 15) is 24.6 Å². The summed E-state index contributed by atoms with van der Waals surface area (Å²) >= 11 is 0. The average Bonchev–Trinajstić information content (AvgIpc) is 4.23. The Morgan fingerprint density at radius 2 is 1.17 bits per heavy atom. The second-order valence-electron chi connectivity index (χ2n) is 22.6. The van der Waals surface area contributed by atoms with Crippen LogP contribution in [-0.2, 0) is 55.8 Å². The number of carboxylic acid groups (broad SMARTS) is 1. The summed E-state index contributed by atoms with van der Waals surface area (Å²) in [5, 5.41) is 28.0. The number of carbonyl (C=O) groups is 3. The molecule has 0 unspecified atom stereocenters. The standard InChI is InChI=1S/C59H105NO14Si4/c1-16-75(17-2,18-3)71-47-40-49-48(69-49)37-38-52(62)66-43(13)35-33-31-29-28-30-32-34-36-46(39-50-53(57(63)64)51(42-59(65,41-47)70-50)72-76(19-4,20-5)21-6)68-58-56(74-78(25-10,26-11)27-12)54(60-45(15)61)55(44(14)67-58)73-77(22-7,23-8)24-9/h28-34,36-38,43-44,46-51,53-56,58,65H,16-27,35,39-42H2,1-15H3,(H,60,61)(H,63,64)/b29-28+,32-30+,33-31+,36-34+,38-37+/t43-,44-,46+,47+,48-,49-,50+,51+,53+,54+,55-,56+,58+,59-/m1/s1. The minimum atomic E-state index is -2.51. The molecule has 19 heteroatoms. The number of esters is 1. The fraction of sp³-hybridized carbons (Fsp3) is 0.780. The lowest BCUT2D eigenvalue weighted by Crippen LogP contribution is -2.68. The van der Waals surface area contributed by atoms with Crippen molar-refractivity contribution < 1.29 is 66.0 Å². The monoisotopic (exact) mass is 1160 g/mol. The highest BCUT2D eigenvalue weighted by Crippen LogP contribution is 2.44. The highest BCUT2D eigenvalue weighted by molar-refractivity contribution is 6.74. The number of amides is 1. The van der Waals surface area contributed by atoms with Crippen molar-refractivity contribution in [2.24, 2.45) is 5.92 Å². The van der Waals surface area contributed by atoms with E-state index < -0.39 is 112 Å². The number of nitrogens with one attached hydrogen (secondary N) is 1. The van der Waals surface area contributed by atoms with Crippen LogP contribution in [0.15, 0.2) is 60.8 Å². The van der Waals surface area contributed by atoms with Crippen LogP contribution in [0.5, 0.6) is 0 Å². The van der Waals surface area contributed by atoms with Crippen LogP contribution in [0.2, 0.25) is 72.5 Å². The van der Waals surface area contributed by atoms with Gasteiger partial charge in [0.1, 0.15) is 24.2 Å². The maximum absolute atomic E-state index is 14.0. The molecule has 14 atom stereocenters. The Bertz CT molecular complexity index is 1970. The molecular formula is C59H105NO14Si4. The molecule has 0 radical (unpaired) electrons. The number of carboxylic acids is 1. The molecule has 3 saturated heterocycles. The van der Waals surface area contributed by atoms with Crippen LogP contribution in [0.1, 0.15) is 136 Å². The van der Waals surface area contributed by atoms with Gasteiger partial charge in [-0.25, -0.2) is 4.79 Å². The van der Waals surface area contributed by atoms with E-state index in [2.05, 4.69) is 88.4 Å². The number of hydrogen-bond donors (Lipinski definition) is 3. The van der Waals surface area contributed by atoms with E-state index in [1.165, 1.54) is 13.0 Å². The molecule has 0 saturated carbocycles. The van der Waals surface area contributed by atoms with Gasteiger partial charge in [-0.05, 0) is 92.5 Å². The first-order valence-corrected chi connectivity index (χ1v) is 40.4. The Labute approximate surface area is 474 Å². The van der Waals surface area contributed by atoms with Gasteiger partial charge in [-0.15, -0.1) is 0 Å². The van der Waals surface area contributed by atoms with Gasteiger partial charge in [-0.1, -0.05) is 132 Å². The average molecular weight is 1160 g/mol. The molecular weight excluding hydrogens is 1060 g/mol. The Hall–Kier alpha value is -2.38. The van der Waals surface area contributed by atoms with E-state index in [1.54, 1.807) is 6.08 Å². The molecule has 3 N–H and O–H groups in total. The number of cyclic esters (lactones) is 1. The van der Waals surface area contributed by atoms with Crippen LogP contribution in [0.3, 0.4) is 0 Å². The highest BCUT2D eigenvalue weighted by atomic mass is 28.4. The lowest BCUT2D eigenvalue weighted by molar-refractivity contribution is -0.305. The Kier molecular flexibility index (Phi) is 27.8. The Morgan fingerprint density at radius 3 is 1.71 bits per heavy atom. The number of fused-ring (bicyclic) bond motifs is 3. The lowest BCUT2D eigenvalue weighted by atomic mass is 9.83. The van der Waals surface area contributed by atoms with E-state index in [4.69, 9.17) is 41.4 Å². The van der Waals surface area contributed by atoms with Crippen molar-refractivity contribution in [2.45, 2.75) is 288 Å². The van der Waals surface area contributed by atoms with Gasteiger partial charge in [-0.2, -0.15) is 0 Å². The van der Waals surface area contributed by atoms with Gasteiger partial charge in [0.15, 0.2) is 45.3 Å². The molecule has 0 aromatic carbocycles. The molecule has 4 rings (SSSR count). The number of ether oxygens (including phenoxy) is 5. The normalized spacial score (nSPS) is 34.1. The number of allylic oxidation sites excluding steroid dienone is 6. The first kappa shape index (κ1) is 68.1. The molecule has 2 bridgehead atoms. The molecule has 1 amide bonds. The number of carbonyl (C=O) groups excluding carboxylic acids is 2. The first-order chi connectivity index (χ1) is 37.1. The summed E-state index contributed by atoms with van der Waals surface area (Å²) in [5.74, 6) is -4.82. The summed E-state index contributed by atoms with van der Waals surface area (Å²) in [6.45, 7) is 31.2. The van der Waals surface area contributed by atoms with Crippen LogP contribution in [0.4, 0.5) is 0 Å². The summed E-state index contributed by atoms with van der Waals surface area (Å²) < 4.78 is 62.3. The second kappa shape index (κ2) is 31.9. The maximum Gasteiger partial charge on any atom is 0.330 e. The van der Waals surface area contributed by atoms with Crippen LogP contribution in [-0.4, -0.2) is 140 Å². The molecule has 446 valence electrons. The molecule has 4 heterocycles. The van der Waals surface area contributed by atoms with Gasteiger partial charge in [0.2, 0.25) is 5.91 Å². The number of rotatable bonds is 24. The van der Waals surface area contributed by atoms with E-state index in [0.29, 0.717) is 12.8 Å². The van der Waals surface area contributed by atoms with E-state index in [-0.39, 0.29) is 43.5 Å². The number of aliphatic hydroxyl groups is 1. The zero-order chi connectivity index (χ0) is 57.9. The van der Waals surface area contributed by atoms with Crippen LogP contribution >= 0.6 is 0 Å². The molecule has 15 nitrogen and oxygen atoms in total. The largest absolute Gasteiger partial charge is 0.481 e. The third-order valence-corrected chi connectivity index (χ3v) is 36.8. The van der Waals surface area contributed by atoms with Gasteiger partial charge in [0, 0.05) is 45.1 Å². The third-order valence-electron chi connectivity index (χ3n) is 18.1. The SMILES string of the molecule is CC[Si](CC)(CC)O[C@H]1C[C@H]2O[C@@H]2/C=C/C(=O)O[C@H](C)C/C=C/C=C/C=C/C=C/[C@H](O[C@@H]2O[C@H](C)[C@@H](O[Si](CC)(CC)CC)[C@H](NC(C)=O)[C@@H]2O[Si](CC)(CC)CC)C[C@@H]2O[C@](O)(C1)C[C@H](O[Si](CC)(CC)CC)[C@H]2C(=O)O. The Balaban J connectivity index is 1.96. The zero-order valence-electron chi connectivity index (χ0n) is 50.6. The van der Waals surface area contributed by atoms with Crippen molar-refractivity contribution in [2.75, 3.05) is 0 Å². The van der Waals surface area contributed by atoms with Gasteiger partial charge in [0.25, 0.3) is 0 Å². The van der Waals surface area contributed by atoms with E-state index >= 15 is 0 Å². The molecule has 3 fully saturated rings. The van der Waals surface area contributed by atoms with Crippen molar-refractivity contribution in [1.29, 1.82) is 0 Å². The van der Waals surface area contributed by atoms with Gasteiger partial charge in [0.05, 0.1) is 48.8 Å². The maximum atomic E-state index is 14.0. The summed E-state index contributed by atoms with van der Waals surface area (Å²) in [4.78, 5) is 40.3. The van der Waals surface area contributed by atoms with E-state index in [0.717, 1.165) is 72.5 Å². The Morgan fingerprint density at radius 1 is 0.654 bits per heavy atom. The van der Waals surface area contributed by atoms with Gasteiger partial charge in [-0.3, -0.25) is 9.59 Å². The third kappa shape index (κ3) is 18.8. The smallest absolute Gasteiger partial charge is 0.330 e. The van der Waals surface area contributed by atoms with Crippen LogP contribution in [0.25, 0.3) is 0 Å². The van der Waals surface area contributed by atoms with Crippen molar-refractivity contribution in [3.63, 3.8) is 0 Å². The zero-order valence-corrected chi connectivity index (χ0v) is 54.6. The lowest BCUT2D eigenvalue weighted by Gasteiger charge is -2.51. The summed E-state index contributed by atoms with van der Waals surface area (Å²) in [7, 11) is -9.57. The van der Waals surface area contributed by atoms with Crippen LogP contribution < -0.4 is 5.32 Å². The van der Waals surface area contributed by atoms with Crippen molar-refractivity contribution in [3.05, 3.63) is 60.8 Å². The second-order valence-corrected chi connectivity index (χ2v) is 41.4. The molecule has 4 aliphatic rings. The molecule has 0 aliphatic carbocycles. The number of aliphatic carboxylic acids is 1. The van der Waals surface area contributed by atoms with Crippen molar-refractivity contribution >= 4 is 51.1 Å². The summed E-state index contributed by atoms with van der Waals surface area (Å²) in [5.41, 5.74) is 0. The van der Waals surface area contributed by atoms with Crippen LogP contribution in [0, 0.1) is 5.92 Å². The van der Waals surface area contributed by atoms with Gasteiger partial charge >= 0.3 is 11.9 Å². The highest BCUT2D eigenvalue weighted by Gasteiger charge is 2.56. The van der Waals surface area contributed by atoms with Crippen molar-refractivity contribution in [3.8, 4) is 0 Å². The van der Waals surface area contributed by atoms with Gasteiger partial charge < -0.3 is 56.9 Å². The predicted molar refractivity (Wildman–Crippen MR) is 319 cm³/mol. The minimum Gasteiger partial charge on any atom is -0.481 e. The first-order valence-electron chi connectivity index (χ1n) is 30.3. The summed E-state index contributed by atoms with van der Waals surface area (Å²) in [6.07, 6.45) is 11.9. The quantitative estimate of drug-likeness (QED) is 0.0470. The minimum absolute atomic E-state index is 0.00189. The molecule has 4 aliphatic heterocycles. The molecule has 0 spiro atoms. The predicted octanol–water partition coefficient (Wildman–Crippen LogP) is 12.4. The molecule has 0 aromatic rings. The fourth-order valence-corrected chi connectivity index (χ4v) is 23.6. The van der Waals surface area contributed by atoms with E-state index in [1.807, 2.05) is 62.5 Å². The molecule has 78 heavy (non-hydrogen) atoms. The fourth-order valence-electron chi connectivity index (χ4n) is 12.1. The topological polar surface area (TPSA) is 190 Å². The summed E-state index contributed by atoms with van der Waals surface area (Å²) in [6, 6.07) is 9.51. The number of hydrogen-bond acceptors (Lipinski definition) is 13. The molecule has 0 aromatic heterocycles. The van der Waals surface area contributed by atoms with Crippen molar-refractivity contribution in [1.82, 2.24) is 5.32 Å². The number of epoxide rings is 1.